The minimum absolute atomic E-state index is 0.535. The second-order valence-corrected chi connectivity index (χ2v) is 6.29. The molecule has 0 amide bonds. The molecule has 4 atom stereocenters. The highest BCUT2D eigenvalue weighted by molar-refractivity contribution is 5.84. The Hall–Kier alpha value is -0.330. The third kappa shape index (κ3) is 1.63. The largest absolute Gasteiger partial charge is 0.299 e. The molecule has 1 nitrogen and oxygen atoms in total. The Morgan fingerprint density at radius 3 is 2.38 bits per heavy atom. The Bertz CT molecular complexity index is 267. The van der Waals surface area contributed by atoms with Crippen LogP contribution in [0, 0.1) is 29.6 Å². The Labute approximate surface area is 99.0 Å². The molecular formula is C15H24O. The van der Waals surface area contributed by atoms with Crippen LogP contribution in [0.5, 0.6) is 0 Å². The van der Waals surface area contributed by atoms with Gasteiger partial charge in [-0.05, 0) is 49.4 Å². The van der Waals surface area contributed by atoms with Gasteiger partial charge in [0.1, 0.15) is 5.78 Å². The van der Waals surface area contributed by atoms with E-state index in [0.717, 1.165) is 36.5 Å². The number of fused-ring (bicyclic) bond motifs is 5. The summed E-state index contributed by atoms with van der Waals surface area (Å²) in [6.45, 7) is 2.23. The third-order valence-corrected chi connectivity index (χ3v) is 5.38. The summed E-state index contributed by atoms with van der Waals surface area (Å²) in [4.78, 5) is 12.1. The maximum atomic E-state index is 12.1. The van der Waals surface area contributed by atoms with Crippen molar-refractivity contribution in [2.45, 2.75) is 58.3 Å². The molecular weight excluding hydrogens is 196 g/mol. The number of hydrogen-bond donors (Lipinski definition) is 0. The quantitative estimate of drug-likeness (QED) is 0.622. The van der Waals surface area contributed by atoms with Crippen LogP contribution in [0.25, 0.3) is 0 Å². The number of carbonyl (C=O) groups is 1. The number of unbranched alkanes of at least 4 members (excludes halogenated alkanes) is 3. The summed E-state index contributed by atoms with van der Waals surface area (Å²) in [6.07, 6.45) is 10.2. The van der Waals surface area contributed by atoms with Gasteiger partial charge in [0, 0.05) is 12.3 Å². The van der Waals surface area contributed by atoms with E-state index < -0.39 is 0 Å². The Morgan fingerprint density at radius 1 is 1.06 bits per heavy atom. The van der Waals surface area contributed by atoms with Gasteiger partial charge in [-0.2, -0.15) is 0 Å². The lowest BCUT2D eigenvalue weighted by molar-refractivity contribution is -0.121. The van der Waals surface area contributed by atoms with Crippen molar-refractivity contribution in [3.63, 3.8) is 0 Å². The SMILES string of the molecule is CCCCCCC(=O)C1C2C3CCC(C3)C12. The topological polar surface area (TPSA) is 17.1 Å². The monoisotopic (exact) mass is 220 g/mol. The van der Waals surface area contributed by atoms with E-state index in [1.165, 1.54) is 38.5 Å². The highest BCUT2D eigenvalue weighted by Crippen LogP contribution is 2.69. The summed E-state index contributed by atoms with van der Waals surface area (Å²) in [6, 6.07) is 0. The van der Waals surface area contributed by atoms with Gasteiger partial charge in [-0.25, -0.2) is 0 Å². The first-order valence-electron chi connectivity index (χ1n) is 7.35. The second kappa shape index (κ2) is 4.16. The molecule has 0 spiro atoms. The molecule has 4 unspecified atom stereocenters. The van der Waals surface area contributed by atoms with Crippen molar-refractivity contribution >= 4 is 5.78 Å². The molecule has 0 aromatic carbocycles. The number of rotatable bonds is 6. The highest BCUT2D eigenvalue weighted by Gasteiger charge is 2.66. The van der Waals surface area contributed by atoms with E-state index in [2.05, 4.69) is 6.92 Å². The molecule has 3 saturated carbocycles. The van der Waals surface area contributed by atoms with Crippen molar-refractivity contribution in [2.75, 3.05) is 0 Å². The van der Waals surface area contributed by atoms with Gasteiger partial charge in [-0.3, -0.25) is 4.79 Å². The fraction of sp³-hybridized carbons (Fsp3) is 0.933. The molecule has 3 fully saturated rings. The normalized spacial score (nSPS) is 43.4. The van der Waals surface area contributed by atoms with Crippen LogP contribution in [-0.2, 0) is 4.79 Å². The van der Waals surface area contributed by atoms with Crippen molar-refractivity contribution in [1.82, 2.24) is 0 Å². The van der Waals surface area contributed by atoms with E-state index in [4.69, 9.17) is 0 Å². The predicted molar refractivity (Wildman–Crippen MR) is 65.1 cm³/mol. The van der Waals surface area contributed by atoms with Gasteiger partial charge in [0.05, 0.1) is 0 Å². The van der Waals surface area contributed by atoms with E-state index in [1.807, 2.05) is 0 Å². The van der Waals surface area contributed by atoms with Gasteiger partial charge in [-0.1, -0.05) is 26.2 Å². The van der Waals surface area contributed by atoms with E-state index in [0.29, 0.717) is 11.7 Å². The van der Waals surface area contributed by atoms with Gasteiger partial charge in [0.2, 0.25) is 0 Å². The third-order valence-electron chi connectivity index (χ3n) is 5.38. The van der Waals surface area contributed by atoms with Crippen molar-refractivity contribution in [1.29, 1.82) is 0 Å². The first-order chi connectivity index (χ1) is 7.83. The molecule has 0 heterocycles. The number of ketones is 1. The van der Waals surface area contributed by atoms with Crippen LogP contribution < -0.4 is 0 Å². The van der Waals surface area contributed by atoms with Gasteiger partial charge in [-0.15, -0.1) is 0 Å². The first-order valence-corrected chi connectivity index (χ1v) is 7.35. The van der Waals surface area contributed by atoms with Crippen LogP contribution in [0.3, 0.4) is 0 Å². The van der Waals surface area contributed by atoms with Crippen LogP contribution in [-0.4, -0.2) is 5.78 Å². The second-order valence-electron chi connectivity index (χ2n) is 6.29. The fourth-order valence-corrected chi connectivity index (χ4v) is 4.65. The van der Waals surface area contributed by atoms with Crippen LogP contribution in [0.2, 0.25) is 0 Å². The first kappa shape index (κ1) is 10.8. The molecule has 2 bridgehead atoms. The minimum Gasteiger partial charge on any atom is -0.299 e. The van der Waals surface area contributed by atoms with Gasteiger partial charge in [0.15, 0.2) is 0 Å². The molecule has 0 aromatic heterocycles. The van der Waals surface area contributed by atoms with Crippen molar-refractivity contribution < 1.29 is 4.79 Å². The molecule has 0 radical (unpaired) electrons. The van der Waals surface area contributed by atoms with Crippen molar-refractivity contribution in [3.8, 4) is 0 Å². The Morgan fingerprint density at radius 2 is 1.75 bits per heavy atom. The summed E-state index contributed by atoms with van der Waals surface area (Å²) in [5, 5.41) is 0. The molecule has 0 aromatic rings. The Balaban J connectivity index is 1.44. The zero-order valence-electron chi connectivity index (χ0n) is 10.5. The summed E-state index contributed by atoms with van der Waals surface area (Å²) >= 11 is 0. The highest BCUT2D eigenvalue weighted by atomic mass is 16.1. The molecule has 0 N–H and O–H groups in total. The van der Waals surface area contributed by atoms with Gasteiger partial charge in [0.25, 0.3) is 0 Å². The number of Topliss-reactive ketones (excluding diaryl/α,β-unsaturated/α-hetero) is 1. The zero-order valence-corrected chi connectivity index (χ0v) is 10.5. The van der Waals surface area contributed by atoms with Crippen molar-refractivity contribution in [3.05, 3.63) is 0 Å². The number of hydrogen-bond acceptors (Lipinski definition) is 1. The van der Waals surface area contributed by atoms with E-state index in [9.17, 15) is 4.79 Å². The maximum Gasteiger partial charge on any atom is 0.136 e. The maximum absolute atomic E-state index is 12.1. The van der Waals surface area contributed by atoms with E-state index in [-0.39, 0.29) is 0 Å². The summed E-state index contributed by atoms with van der Waals surface area (Å²) in [7, 11) is 0. The molecule has 1 heteroatoms. The van der Waals surface area contributed by atoms with Crippen molar-refractivity contribution in [2.24, 2.45) is 29.6 Å². The summed E-state index contributed by atoms with van der Waals surface area (Å²) in [5.74, 6) is 4.80. The molecule has 0 saturated heterocycles. The smallest absolute Gasteiger partial charge is 0.136 e. The minimum atomic E-state index is 0.535. The molecule has 0 aliphatic heterocycles. The predicted octanol–water partition coefficient (Wildman–Crippen LogP) is 3.82. The van der Waals surface area contributed by atoms with Crippen LogP contribution in [0.1, 0.15) is 58.3 Å². The van der Waals surface area contributed by atoms with Crippen LogP contribution in [0.4, 0.5) is 0 Å². The molecule has 3 aliphatic rings. The van der Waals surface area contributed by atoms with E-state index >= 15 is 0 Å². The van der Waals surface area contributed by atoms with Gasteiger partial charge < -0.3 is 0 Å². The van der Waals surface area contributed by atoms with Gasteiger partial charge >= 0.3 is 0 Å². The van der Waals surface area contributed by atoms with E-state index in [1.54, 1.807) is 0 Å². The summed E-state index contributed by atoms with van der Waals surface area (Å²) < 4.78 is 0. The lowest BCUT2D eigenvalue weighted by Crippen LogP contribution is -2.09. The fourth-order valence-electron chi connectivity index (χ4n) is 4.65. The van der Waals surface area contributed by atoms with Crippen LogP contribution in [0.15, 0.2) is 0 Å². The zero-order chi connectivity index (χ0) is 11.1. The van der Waals surface area contributed by atoms with Crippen LogP contribution >= 0.6 is 0 Å². The molecule has 3 rings (SSSR count). The lowest BCUT2D eigenvalue weighted by atomic mass is 9.97. The molecule has 3 aliphatic carbocycles. The summed E-state index contributed by atoms with van der Waals surface area (Å²) in [5.41, 5.74) is 0. The molecule has 16 heavy (non-hydrogen) atoms. The Kier molecular flexibility index (Phi) is 2.81. The standard InChI is InChI=1S/C15H24O/c1-2-3-4-5-6-12(16)15-13-10-7-8-11(9-10)14(13)15/h10-11,13-15H,2-9H2,1H3. The number of carbonyl (C=O) groups excluding carboxylic acids is 1. The molecule has 90 valence electrons. The lowest BCUT2D eigenvalue weighted by Gasteiger charge is -2.07. The average Bonchev–Trinajstić information content (AvgIpc) is 2.74. The average molecular weight is 220 g/mol.